The minimum Gasteiger partial charge on any atom is -0.290 e. The fourth-order valence-corrected chi connectivity index (χ4v) is 7.38. The molecule has 0 bridgehead atoms. The number of hydrogen-bond donors (Lipinski definition) is 1. The fraction of sp³-hybridized carbons (Fsp3) is 0.0769. The number of thiophene rings is 4. The van der Waals surface area contributed by atoms with Crippen molar-refractivity contribution < 1.29 is 0 Å². The normalized spacial score (nSPS) is 15.6. The zero-order valence-electron chi connectivity index (χ0n) is 18.6. The SMILES string of the molecule is O=c1[nH]c(N2N=C(c3cccs3)CC2c2cccs2)nc2nc(-c3cccs3)cc(-c3cccs3)c12. The van der Waals surface area contributed by atoms with E-state index < -0.39 is 0 Å². The van der Waals surface area contributed by atoms with E-state index in [1.165, 1.54) is 4.88 Å². The molecule has 1 aliphatic rings. The zero-order chi connectivity index (χ0) is 24.1. The Morgan fingerprint density at radius 2 is 1.53 bits per heavy atom. The van der Waals surface area contributed by atoms with E-state index in [-0.39, 0.29) is 11.6 Å². The van der Waals surface area contributed by atoms with E-state index in [4.69, 9.17) is 15.1 Å². The molecule has 7 rings (SSSR count). The predicted octanol–water partition coefficient (Wildman–Crippen LogP) is 7.25. The van der Waals surface area contributed by atoms with Gasteiger partial charge in [-0.25, -0.2) is 9.99 Å². The second-order valence-electron chi connectivity index (χ2n) is 8.20. The monoisotopic (exact) mass is 543 g/mol. The molecule has 1 aliphatic heterocycles. The Labute approximate surface area is 221 Å². The molecule has 6 nitrogen and oxygen atoms in total. The third-order valence-corrected chi connectivity index (χ3v) is 9.72. The van der Waals surface area contributed by atoms with Crippen molar-refractivity contribution in [2.24, 2.45) is 5.10 Å². The zero-order valence-corrected chi connectivity index (χ0v) is 21.9. The van der Waals surface area contributed by atoms with Crippen LogP contribution in [0.4, 0.5) is 5.95 Å². The number of nitrogens with zero attached hydrogens (tertiary/aromatic N) is 4. The summed E-state index contributed by atoms with van der Waals surface area (Å²) in [6, 6.07) is 18.3. The first kappa shape index (κ1) is 21.8. The third-order valence-electron chi connectivity index (χ3n) is 6.03. The standard InChI is InChI=1S/C26H17N5OS4/c32-25-23-15(19-5-1-9-33-19)13-16(20-6-2-10-34-20)27-24(23)28-26(29-25)31-18(22-8-4-12-36-22)14-17(30-31)21-7-3-11-35-21/h1-13,18H,14H2,(H,27,28,29,32). The smallest absolute Gasteiger partial charge is 0.262 e. The van der Waals surface area contributed by atoms with Gasteiger partial charge in [0.1, 0.15) is 0 Å². The first-order valence-corrected chi connectivity index (χ1v) is 14.7. The van der Waals surface area contributed by atoms with Crippen molar-refractivity contribution in [1.82, 2.24) is 15.0 Å². The minimum absolute atomic E-state index is 0.0417. The molecule has 10 heteroatoms. The lowest BCUT2D eigenvalue weighted by molar-refractivity contribution is 0.698. The number of aromatic amines is 1. The highest BCUT2D eigenvalue weighted by atomic mass is 32.1. The molecule has 0 spiro atoms. The third kappa shape index (κ3) is 3.73. The van der Waals surface area contributed by atoms with Crippen LogP contribution in [0.5, 0.6) is 0 Å². The van der Waals surface area contributed by atoms with E-state index in [0.29, 0.717) is 17.0 Å². The summed E-state index contributed by atoms with van der Waals surface area (Å²) in [5.74, 6) is 0.408. The van der Waals surface area contributed by atoms with E-state index in [0.717, 1.165) is 38.0 Å². The van der Waals surface area contributed by atoms with Crippen LogP contribution in [0.25, 0.3) is 32.0 Å². The Morgan fingerprint density at radius 3 is 2.22 bits per heavy atom. The Hall–Kier alpha value is -3.44. The lowest BCUT2D eigenvalue weighted by atomic mass is 10.1. The number of aromatic nitrogens is 3. The molecule has 1 atom stereocenters. The summed E-state index contributed by atoms with van der Waals surface area (Å²) in [7, 11) is 0. The van der Waals surface area contributed by atoms with Gasteiger partial charge in [-0.3, -0.25) is 9.78 Å². The summed E-state index contributed by atoms with van der Waals surface area (Å²) in [4.78, 5) is 30.7. The highest BCUT2D eigenvalue weighted by Crippen LogP contribution is 2.39. The van der Waals surface area contributed by atoms with Crippen LogP contribution in [0, 0.1) is 0 Å². The second-order valence-corrected chi connectivity index (χ2v) is 12.0. The maximum atomic E-state index is 13.6. The number of H-pyrrole nitrogens is 1. The summed E-state index contributed by atoms with van der Waals surface area (Å²) >= 11 is 6.57. The number of rotatable bonds is 5. The van der Waals surface area contributed by atoms with Crippen molar-refractivity contribution in [3.63, 3.8) is 0 Å². The van der Waals surface area contributed by atoms with Gasteiger partial charge in [-0.05, 0) is 51.9 Å². The van der Waals surface area contributed by atoms with E-state index in [1.807, 2.05) is 58.2 Å². The number of anilines is 1. The average Bonchev–Trinajstić information content (AvgIpc) is 3.72. The molecule has 0 saturated carbocycles. The predicted molar refractivity (Wildman–Crippen MR) is 152 cm³/mol. The van der Waals surface area contributed by atoms with Crippen molar-refractivity contribution in [3.05, 3.63) is 96.2 Å². The summed E-state index contributed by atoms with van der Waals surface area (Å²) in [6.45, 7) is 0. The van der Waals surface area contributed by atoms with Gasteiger partial charge in [0.15, 0.2) is 5.65 Å². The summed E-state index contributed by atoms with van der Waals surface area (Å²) in [5, 5.41) is 15.5. The van der Waals surface area contributed by atoms with Crippen LogP contribution in [0.15, 0.2) is 86.0 Å². The van der Waals surface area contributed by atoms with Crippen molar-refractivity contribution in [3.8, 4) is 21.0 Å². The van der Waals surface area contributed by atoms with Crippen LogP contribution in [-0.4, -0.2) is 20.7 Å². The Bertz CT molecular complexity index is 1730. The van der Waals surface area contributed by atoms with Gasteiger partial charge in [-0.15, -0.1) is 45.3 Å². The van der Waals surface area contributed by atoms with Gasteiger partial charge >= 0.3 is 0 Å². The highest BCUT2D eigenvalue weighted by Gasteiger charge is 2.33. The lowest BCUT2D eigenvalue weighted by Crippen LogP contribution is -2.24. The molecule has 0 saturated heterocycles. The average molecular weight is 544 g/mol. The van der Waals surface area contributed by atoms with Crippen LogP contribution in [0.3, 0.4) is 0 Å². The number of hydrogen-bond acceptors (Lipinski definition) is 9. The van der Waals surface area contributed by atoms with Gasteiger partial charge in [0, 0.05) is 21.7 Å². The number of nitrogens with one attached hydrogen (secondary N) is 1. The molecule has 7 heterocycles. The molecule has 0 fully saturated rings. The van der Waals surface area contributed by atoms with Gasteiger partial charge in [-0.1, -0.05) is 24.3 Å². The fourth-order valence-electron chi connectivity index (χ4n) is 4.41. The first-order valence-electron chi connectivity index (χ1n) is 11.2. The van der Waals surface area contributed by atoms with Crippen molar-refractivity contribution in [2.45, 2.75) is 12.5 Å². The molecular weight excluding hydrogens is 527 g/mol. The molecule has 1 N–H and O–H groups in total. The number of pyridine rings is 1. The van der Waals surface area contributed by atoms with E-state index in [9.17, 15) is 4.79 Å². The minimum atomic E-state index is -0.215. The van der Waals surface area contributed by atoms with E-state index >= 15 is 0 Å². The van der Waals surface area contributed by atoms with Gasteiger partial charge < -0.3 is 0 Å². The molecule has 0 amide bonds. The summed E-state index contributed by atoms with van der Waals surface area (Å²) < 4.78 is 0. The van der Waals surface area contributed by atoms with Crippen LogP contribution >= 0.6 is 45.3 Å². The Morgan fingerprint density at radius 1 is 0.833 bits per heavy atom. The molecule has 6 aromatic rings. The van der Waals surface area contributed by atoms with Gasteiger partial charge in [-0.2, -0.15) is 10.1 Å². The number of fused-ring (bicyclic) bond motifs is 1. The van der Waals surface area contributed by atoms with Crippen LogP contribution < -0.4 is 10.6 Å². The first-order chi connectivity index (χ1) is 17.7. The van der Waals surface area contributed by atoms with Crippen LogP contribution in [0.2, 0.25) is 0 Å². The molecular formula is C26H17N5OS4. The molecule has 176 valence electrons. The number of hydrazone groups is 1. The van der Waals surface area contributed by atoms with Crippen molar-refractivity contribution in [1.29, 1.82) is 0 Å². The Kier molecular flexibility index (Phi) is 5.39. The van der Waals surface area contributed by atoms with Gasteiger partial charge in [0.05, 0.1) is 32.6 Å². The Balaban J connectivity index is 1.43. The van der Waals surface area contributed by atoms with Crippen LogP contribution in [0.1, 0.15) is 22.2 Å². The largest absolute Gasteiger partial charge is 0.290 e. The quantitative estimate of drug-likeness (QED) is 0.248. The molecule has 1 unspecified atom stereocenters. The van der Waals surface area contributed by atoms with Crippen molar-refractivity contribution >= 4 is 68.0 Å². The highest BCUT2D eigenvalue weighted by molar-refractivity contribution is 7.14. The summed E-state index contributed by atoms with van der Waals surface area (Å²) in [5.41, 5.74) is 2.86. The van der Waals surface area contributed by atoms with Crippen LogP contribution in [-0.2, 0) is 0 Å². The van der Waals surface area contributed by atoms with E-state index in [2.05, 4.69) is 27.9 Å². The van der Waals surface area contributed by atoms with E-state index in [1.54, 1.807) is 45.3 Å². The molecule has 0 radical (unpaired) electrons. The molecule has 36 heavy (non-hydrogen) atoms. The van der Waals surface area contributed by atoms with Gasteiger partial charge in [0.25, 0.3) is 5.56 Å². The molecule has 0 aromatic carbocycles. The molecule has 0 aliphatic carbocycles. The lowest BCUT2D eigenvalue weighted by Gasteiger charge is -2.21. The molecule has 6 aromatic heterocycles. The van der Waals surface area contributed by atoms with Crippen molar-refractivity contribution in [2.75, 3.05) is 5.01 Å². The maximum Gasteiger partial charge on any atom is 0.262 e. The maximum absolute atomic E-state index is 13.6. The summed E-state index contributed by atoms with van der Waals surface area (Å²) in [6.07, 6.45) is 0.742. The van der Waals surface area contributed by atoms with Gasteiger partial charge in [0.2, 0.25) is 5.95 Å². The topological polar surface area (TPSA) is 74.2 Å². The second kappa shape index (κ2) is 8.90.